The molecule has 0 atom stereocenters. The Labute approximate surface area is 162 Å². The van der Waals surface area contributed by atoms with Crippen molar-refractivity contribution in [2.24, 2.45) is 0 Å². The minimum Gasteiger partial charge on any atom is -0.321 e. The predicted molar refractivity (Wildman–Crippen MR) is 110 cm³/mol. The van der Waals surface area contributed by atoms with Crippen LogP contribution in [0.15, 0.2) is 48.8 Å². The molecule has 0 spiro atoms. The van der Waals surface area contributed by atoms with Gasteiger partial charge in [-0.3, -0.25) is 9.78 Å². The molecule has 1 fully saturated rings. The van der Waals surface area contributed by atoms with Gasteiger partial charge in [-0.05, 0) is 44.9 Å². The highest BCUT2D eigenvalue weighted by atomic mass is 16.1. The first-order chi connectivity index (χ1) is 13.6. The van der Waals surface area contributed by atoms with E-state index < -0.39 is 0 Å². The van der Waals surface area contributed by atoms with Crippen molar-refractivity contribution < 1.29 is 4.79 Å². The molecular formula is C22H21N5O. The van der Waals surface area contributed by atoms with E-state index in [9.17, 15) is 4.79 Å². The lowest BCUT2D eigenvalue weighted by molar-refractivity contribution is 0.102. The van der Waals surface area contributed by atoms with E-state index in [1.54, 1.807) is 12.4 Å². The van der Waals surface area contributed by atoms with Gasteiger partial charge in [0.2, 0.25) is 0 Å². The normalized spacial score (nSPS) is 14.1. The van der Waals surface area contributed by atoms with Crippen LogP contribution in [-0.2, 0) is 0 Å². The Morgan fingerprint density at radius 3 is 2.79 bits per heavy atom. The van der Waals surface area contributed by atoms with Crippen LogP contribution in [0.4, 0.5) is 5.69 Å². The number of amides is 1. The van der Waals surface area contributed by atoms with Gasteiger partial charge in [0.05, 0.1) is 29.2 Å². The topological polar surface area (TPSA) is 72.7 Å². The lowest BCUT2D eigenvalue weighted by Crippen LogP contribution is -2.13. The molecule has 28 heavy (non-hydrogen) atoms. The standard InChI is InChI=1S/C22H21N5O/c1-13(2)27-21-15(11-24-27)9-16(12-23-21)25-22(28)18-10-20(14-7-8-14)26-19-6-4-3-5-17(18)19/h3-6,9-14H,7-8H2,1-2H3,(H,25,28). The number of hydrogen-bond donors (Lipinski definition) is 1. The summed E-state index contributed by atoms with van der Waals surface area (Å²) in [6.07, 6.45) is 5.76. The monoisotopic (exact) mass is 371 g/mol. The van der Waals surface area contributed by atoms with Crippen LogP contribution in [0, 0.1) is 0 Å². The zero-order valence-corrected chi connectivity index (χ0v) is 15.9. The molecule has 1 amide bonds. The maximum absolute atomic E-state index is 13.1. The Morgan fingerprint density at radius 2 is 2.00 bits per heavy atom. The van der Waals surface area contributed by atoms with Gasteiger partial charge in [-0.2, -0.15) is 5.10 Å². The summed E-state index contributed by atoms with van der Waals surface area (Å²) in [4.78, 5) is 22.3. The highest BCUT2D eigenvalue weighted by Gasteiger charge is 2.27. The average molecular weight is 371 g/mol. The zero-order valence-electron chi connectivity index (χ0n) is 15.9. The van der Waals surface area contributed by atoms with Gasteiger partial charge in [0.1, 0.15) is 0 Å². The number of para-hydroxylation sites is 1. The van der Waals surface area contributed by atoms with Crippen molar-refractivity contribution >= 4 is 33.5 Å². The van der Waals surface area contributed by atoms with Gasteiger partial charge < -0.3 is 5.32 Å². The third-order valence-corrected chi connectivity index (χ3v) is 5.16. The fourth-order valence-corrected chi connectivity index (χ4v) is 3.56. The quantitative estimate of drug-likeness (QED) is 0.565. The SMILES string of the molecule is CC(C)n1ncc2cc(NC(=O)c3cc(C4CC4)nc4ccccc34)cnc21. The fourth-order valence-electron chi connectivity index (χ4n) is 3.56. The molecule has 3 heterocycles. The molecule has 6 nitrogen and oxygen atoms in total. The molecule has 140 valence electrons. The number of fused-ring (bicyclic) bond motifs is 2. The van der Waals surface area contributed by atoms with Crippen molar-refractivity contribution in [3.63, 3.8) is 0 Å². The Morgan fingerprint density at radius 1 is 1.18 bits per heavy atom. The van der Waals surface area contributed by atoms with Crippen molar-refractivity contribution in [2.45, 2.75) is 38.6 Å². The molecule has 5 rings (SSSR count). The van der Waals surface area contributed by atoms with E-state index in [0.717, 1.165) is 40.5 Å². The van der Waals surface area contributed by atoms with Crippen molar-refractivity contribution in [3.8, 4) is 0 Å². The van der Waals surface area contributed by atoms with Crippen LogP contribution in [-0.4, -0.2) is 25.7 Å². The van der Waals surface area contributed by atoms with E-state index in [4.69, 9.17) is 4.98 Å². The van der Waals surface area contributed by atoms with Crippen LogP contribution >= 0.6 is 0 Å². The molecule has 1 aliphatic carbocycles. The first-order valence-corrected chi connectivity index (χ1v) is 9.64. The second-order valence-corrected chi connectivity index (χ2v) is 7.66. The second kappa shape index (κ2) is 6.41. The van der Waals surface area contributed by atoms with Gasteiger partial charge in [-0.1, -0.05) is 18.2 Å². The molecule has 1 N–H and O–H groups in total. The lowest BCUT2D eigenvalue weighted by atomic mass is 10.1. The smallest absolute Gasteiger partial charge is 0.256 e. The molecule has 0 unspecified atom stereocenters. The van der Waals surface area contributed by atoms with Gasteiger partial charge in [0, 0.05) is 28.4 Å². The number of nitrogens with one attached hydrogen (secondary N) is 1. The summed E-state index contributed by atoms with van der Waals surface area (Å²) < 4.78 is 1.87. The Hall–Kier alpha value is -3.28. The van der Waals surface area contributed by atoms with E-state index in [1.165, 1.54) is 0 Å². The number of hydrogen-bond acceptors (Lipinski definition) is 4. The van der Waals surface area contributed by atoms with Gasteiger partial charge >= 0.3 is 0 Å². The molecule has 4 aromatic rings. The third kappa shape index (κ3) is 2.91. The van der Waals surface area contributed by atoms with E-state index in [2.05, 4.69) is 29.2 Å². The molecule has 1 aromatic carbocycles. The first kappa shape index (κ1) is 16.9. The molecule has 0 radical (unpaired) electrons. The summed E-state index contributed by atoms with van der Waals surface area (Å²) in [6, 6.07) is 11.9. The van der Waals surface area contributed by atoms with Gasteiger partial charge in [-0.15, -0.1) is 0 Å². The number of carbonyl (C=O) groups is 1. The van der Waals surface area contributed by atoms with E-state index in [0.29, 0.717) is 17.2 Å². The Balaban J connectivity index is 1.51. The maximum Gasteiger partial charge on any atom is 0.256 e. The minimum absolute atomic E-state index is 0.141. The van der Waals surface area contributed by atoms with E-state index in [1.807, 2.05) is 41.1 Å². The summed E-state index contributed by atoms with van der Waals surface area (Å²) in [6.45, 7) is 4.13. The minimum atomic E-state index is -0.141. The third-order valence-electron chi connectivity index (χ3n) is 5.16. The zero-order chi connectivity index (χ0) is 19.3. The predicted octanol–water partition coefficient (Wildman–Crippen LogP) is 4.69. The molecule has 3 aromatic heterocycles. The van der Waals surface area contributed by atoms with Crippen LogP contribution in [0.5, 0.6) is 0 Å². The number of anilines is 1. The van der Waals surface area contributed by atoms with Crippen LogP contribution in [0.25, 0.3) is 21.9 Å². The van der Waals surface area contributed by atoms with Gasteiger partial charge in [0.25, 0.3) is 5.91 Å². The van der Waals surface area contributed by atoms with Crippen LogP contribution in [0.3, 0.4) is 0 Å². The van der Waals surface area contributed by atoms with Crippen LogP contribution in [0.1, 0.15) is 54.7 Å². The molecular weight excluding hydrogens is 350 g/mol. The van der Waals surface area contributed by atoms with Crippen molar-refractivity contribution in [1.29, 1.82) is 0 Å². The number of aromatic nitrogens is 4. The van der Waals surface area contributed by atoms with Crippen LogP contribution in [0.2, 0.25) is 0 Å². The maximum atomic E-state index is 13.1. The summed E-state index contributed by atoms with van der Waals surface area (Å²) in [7, 11) is 0. The summed E-state index contributed by atoms with van der Waals surface area (Å²) in [5.41, 5.74) is 4.01. The van der Waals surface area contributed by atoms with Crippen LogP contribution < -0.4 is 5.32 Å². The summed E-state index contributed by atoms with van der Waals surface area (Å²) >= 11 is 0. The molecule has 6 heteroatoms. The van der Waals surface area contributed by atoms with Crippen molar-refractivity contribution in [2.75, 3.05) is 5.32 Å². The first-order valence-electron chi connectivity index (χ1n) is 9.64. The number of pyridine rings is 2. The molecule has 1 saturated carbocycles. The summed E-state index contributed by atoms with van der Waals surface area (Å²) in [5.74, 6) is 0.342. The van der Waals surface area contributed by atoms with E-state index in [-0.39, 0.29) is 11.9 Å². The largest absolute Gasteiger partial charge is 0.321 e. The van der Waals surface area contributed by atoms with E-state index >= 15 is 0 Å². The number of benzene rings is 1. The molecule has 0 aliphatic heterocycles. The lowest BCUT2D eigenvalue weighted by Gasteiger charge is -2.11. The second-order valence-electron chi connectivity index (χ2n) is 7.66. The fraction of sp³-hybridized carbons (Fsp3) is 0.273. The van der Waals surface area contributed by atoms with Gasteiger partial charge in [-0.25, -0.2) is 9.67 Å². The summed E-state index contributed by atoms with van der Waals surface area (Å²) in [5, 5.41) is 9.16. The number of rotatable bonds is 4. The number of carbonyl (C=O) groups excluding carboxylic acids is 1. The average Bonchev–Trinajstić information content (AvgIpc) is 3.46. The van der Waals surface area contributed by atoms with Crippen molar-refractivity contribution in [3.05, 3.63) is 60.0 Å². The highest BCUT2D eigenvalue weighted by Crippen LogP contribution is 2.40. The van der Waals surface area contributed by atoms with Gasteiger partial charge in [0.15, 0.2) is 5.65 Å². The van der Waals surface area contributed by atoms with Crippen molar-refractivity contribution in [1.82, 2.24) is 19.7 Å². The Bertz CT molecular complexity index is 1210. The molecule has 1 aliphatic rings. The molecule has 0 bridgehead atoms. The Kier molecular flexibility index (Phi) is 3.86. The number of nitrogens with zero attached hydrogens (tertiary/aromatic N) is 4. The molecule has 0 saturated heterocycles. The highest BCUT2D eigenvalue weighted by molar-refractivity contribution is 6.12.